The Hall–Kier alpha value is -1.95. The van der Waals surface area contributed by atoms with E-state index in [1.807, 2.05) is 20.8 Å². The van der Waals surface area contributed by atoms with Gasteiger partial charge >= 0.3 is 0 Å². The molecule has 0 spiro atoms. The fraction of sp³-hybridized carbons (Fsp3) is 0.462. The van der Waals surface area contributed by atoms with Crippen LogP contribution in [0.25, 0.3) is 10.9 Å². The van der Waals surface area contributed by atoms with Crippen molar-refractivity contribution in [2.45, 2.75) is 26.3 Å². The summed E-state index contributed by atoms with van der Waals surface area (Å²) in [5.41, 5.74) is 6.70. The molecular weight excluding hydrogens is 242 g/mol. The monoisotopic (exact) mass is 261 g/mol. The van der Waals surface area contributed by atoms with Crippen molar-refractivity contribution < 1.29 is 0 Å². The van der Waals surface area contributed by atoms with Gasteiger partial charge in [-0.3, -0.25) is 4.79 Å². The predicted octanol–water partition coefficient (Wildman–Crippen LogP) is 0.954. The van der Waals surface area contributed by atoms with E-state index >= 15 is 0 Å². The van der Waals surface area contributed by atoms with Crippen LogP contribution in [0.3, 0.4) is 0 Å². The van der Waals surface area contributed by atoms with E-state index in [0.717, 1.165) is 0 Å². The number of nitrogens with two attached hydrogens (primary N) is 1. The van der Waals surface area contributed by atoms with Crippen LogP contribution in [0.5, 0.6) is 0 Å². The molecule has 19 heavy (non-hydrogen) atoms. The van der Waals surface area contributed by atoms with E-state index < -0.39 is 5.54 Å². The van der Waals surface area contributed by atoms with Crippen molar-refractivity contribution in [2.24, 2.45) is 12.8 Å². The number of nitrogens with one attached hydrogen (secondary N) is 1. The SMILES string of the molecule is CCNc1nc(C(C)(C)N)cc2ncn(C)c(=O)c12. The molecule has 6 nitrogen and oxygen atoms in total. The molecule has 0 unspecified atom stereocenters. The van der Waals surface area contributed by atoms with Crippen LogP contribution in [0.1, 0.15) is 26.5 Å². The third-order valence-corrected chi connectivity index (χ3v) is 2.91. The zero-order valence-electron chi connectivity index (χ0n) is 11.7. The molecule has 0 saturated heterocycles. The lowest BCUT2D eigenvalue weighted by Crippen LogP contribution is -2.31. The van der Waals surface area contributed by atoms with Crippen molar-refractivity contribution >= 4 is 16.7 Å². The van der Waals surface area contributed by atoms with Gasteiger partial charge in [0.1, 0.15) is 11.2 Å². The van der Waals surface area contributed by atoms with Crippen LogP contribution in [0.15, 0.2) is 17.2 Å². The van der Waals surface area contributed by atoms with Gasteiger partial charge in [0, 0.05) is 13.6 Å². The molecule has 0 aromatic carbocycles. The Morgan fingerprint density at radius 3 is 2.74 bits per heavy atom. The Morgan fingerprint density at radius 1 is 1.47 bits per heavy atom. The molecule has 0 fully saturated rings. The minimum atomic E-state index is -0.582. The largest absolute Gasteiger partial charge is 0.370 e. The van der Waals surface area contributed by atoms with E-state index in [1.165, 1.54) is 10.9 Å². The highest BCUT2D eigenvalue weighted by Gasteiger charge is 2.20. The maximum atomic E-state index is 12.2. The number of pyridine rings is 1. The summed E-state index contributed by atoms with van der Waals surface area (Å²) in [5.74, 6) is 0.544. The molecule has 2 aromatic heterocycles. The van der Waals surface area contributed by atoms with Crippen molar-refractivity contribution in [1.29, 1.82) is 0 Å². The van der Waals surface area contributed by atoms with E-state index in [2.05, 4.69) is 15.3 Å². The highest BCUT2D eigenvalue weighted by Crippen LogP contribution is 2.23. The summed E-state index contributed by atoms with van der Waals surface area (Å²) in [6.45, 7) is 6.37. The highest BCUT2D eigenvalue weighted by atomic mass is 16.1. The Balaban J connectivity index is 2.83. The molecule has 0 aliphatic heterocycles. The topological polar surface area (TPSA) is 85.8 Å². The third kappa shape index (κ3) is 2.44. The number of aryl methyl sites for hydroxylation is 1. The number of hydrogen-bond acceptors (Lipinski definition) is 5. The average molecular weight is 261 g/mol. The first kappa shape index (κ1) is 13.5. The summed E-state index contributed by atoms with van der Waals surface area (Å²) in [4.78, 5) is 21.0. The summed E-state index contributed by atoms with van der Waals surface area (Å²) in [6, 6.07) is 1.78. The van der Waals surface area contributed by atoms with E-state index in [1.54, 1.807) is 13.1 Å². The molecule has 0 amide bonds. The normalized spacial score (nSPS) is 11.8. The van der Waals surface area contributed by atoms with Crippen molar-refractivity contribution in [1.82, 2.24) is 14.5 Å². The molecular formula is C13H19N5O. The lowest BCUT2D eigenvalue weighted by Gasteiger charge is -2.20. The number of aromatic nitrogens is 3. The molecule has 2 heterocycles. The van der Waals surface area contributed by atoms with Gasteiger partial charge < -0.3 is 15.6 Å². The number of anilines is 1. The van der Waals surface area contributed by atoms with E-state index in [4.69, 9.17) is 5.73 Å². The van der Waals surface area contributed by atoms with Crippen LogP contribution in [0.2, 0.25) is 0 Å². The fourth-order valence-corrected chi connectivity index (χ4v) is 1.85. The molecule has 0 bridgehead atoms. The molecule has 6 heteroatoms. The summed E-state index contributed by atoms with van der Waals surface area (Å²) in [7, 11) is 1.67. The zero-order valence-corrected chi connectivity index (χ0v) is 11.7. The molecule has 0 aliphatic rings. The molecule has 3 N–H and O–H groups in total. The van der Waals surface area contributed by atoms with E-state index in [9.17, 15) is 4.79 Å². The summed E-state index contributed by atoms with van der Waals surface area (Å²) >= 11 is 0. The van der Waals surface area contributed by atoms with Crippen molar-refractivity contribution in [2.75, 3.05) is 11.9 Å². The first-order chi connectivity index (χ1) is 8.84. The third-order valence-electron chi connectivity index (χ3n) is 2.91. The highest BCUT2D eigenvalue weighted by molar-refractivity contribution is 5.88. The Bertz CT molecular complexity index is 669. The Morgan fingerprint density at radius 2 is 2.16 bits per heavy atom. The lowest BCUT2D eigenvalue weighted by atomic mass is 10.0. The smallest absolute Gasteiger partial charge is 0.264 e. The van der Waals surface area contributed by atoms with Gasteiger partial charge in [0.2, 0.25) is 0 Å². The van der Waals surface area contributed by atoms with Gasteiger partial charge in [0.25, 0.3) is 5.56 Å². The summed E-state index contributed by atoms with van der Waals surface area (Å²) in [5, 5.41) is 3.61. The van der Waals surface area contributed by atoms with Crippen LogP contribution in [0.4, 0.5) is 5.82 Å². The fourth-order valence-electron chi connectivity index (χ4n) is 1.85. The van der Waals surface area contributed by atoms with Gasteiger partial charge in [-0.25, -0.2) is 9.97 Å². The average Bonchev–Trinajstić information content (AvgIpc) is 2.32. The number of hydrogen-bond donors (Lipinski definition) is 2. The van der Waals surface area contributed by atoms with Crippen molar-refractivity contribution in [3.63, 3.8) is 0 Å². The van der Waals surface area contributed by atoms with Crippen molar-refractivity contribution in [3.8, 4) is 0 Å². The lowest BCUT2D eigenvalue weighted by molar-refractivity contribution is 0.536. The first-order valence-corrected chi connectivity index (χ1v) is 6.24. The second-order valence-corrected chi connectivity index (χ2v) is 5.16. The minimum absolute atomic E-state index is 0.116. The van der Waals surface area contributed by atoms with Crippen LogP contribution >= 0.6 is 0 Å². The molecule has 0 saturated carbocycles. The number of fused-ring (bicyclic) bond motifs is 1. The van der Waals surface area contributed by atoms with Gasteiger partial charge in [0.05, 0.1) is 23.1 Å². The molecule has 2 rings (SSSR count). The van der Waals surface area contributed by atoms with Gasteiger partial charge in [-0.2, -0.15) is 0 Å². The summed E-state index contributed by atoms with van der Waals surface area (Å²) in [6.07, 6.45) is 1.51. The van der Waals surface area contributed by atoms with Gasteiger partial charge in [-0.15, -0.1) is 0 Å². The number of nitrogens with zero attached hydrogens (tertiary/aromatic N) is 3. The van der Waals surface area contributed by atoms with Crippen LogP contribution in [-0.2, 0) is 12.6 Å². The maximum Gasteiger partial charge on any atom is 0.264 e. The number of rotatable bonds is 3. The molecule has 0 atom stereocenters. The van der Waals surface area contributed by atoms with Crippen molar-refractivity contribution in [3.05, 3.63) is 28.4 Å². The van der Waals surface area contributed by atoms with Crippen LogP contribution < -0.4 is 16.6 Å². The molecule has 0 aliphatic carbocycles. The summed E-state index contributed by atoms with van der Waals surface area (Å²) < 4.78 is 1.44. The standard InChI is InChI=1S/C13H19N5O/c1-5-15-11-10-8(16-7-18(4)12(10)19)6-9(17-11)13(2,3)14/h6-7H,5,14H2,1-4H3,(H,15,17). The zero-order chi connectivity index (χ0) is 14.2. The molecule has 0 radical (unpaired) electrons. The second-order valence-electron chi connectivity index (χ2n) is 5.16. The van der Waals surface area contributed by atoms with Gasteiger partial charge in [0.15, 0.2) is 0 Å². The van der Waals surface area contributed by atoms with E-state index in [-0.39, 0.29) is 5.56 Å². The second kappa shape index (κ2) is 4.62. The maximum absolute atomic E-state index is 12.2. The predicted molar refractivity (Wildman–Crippen MR) is 76.2 cm³/mol. The Labute approximate surface area is 111 Å². The quantitative estimate of drug-likeness (QED) is 0.859. The van der Waals surface area contributed by atoms with Crippen LogP contribution in [0, 0.1) is 0 Å². The van der Waals surface area contributed by atoms with Gasteiger partial charge in [-0.1, -0.05) is 0 Å². The van der Waals surface area contributed by atoms with Crippen LogP contribution in [-0.4, -0.2) is 21.1 Å². The minimum Gasteiger partial charge on any atom is -0.370 e. The molecule has 2 aromatic rings. The van der Waals surface area contributed by atoms with Gasteiger partial charge in [-0.05, 0) is 26.8 Å². The first-order valence-electron chi connectivity index (χ1n) is 6.24. The Kier molecular flexibility index (Phi) is 3.28. The van der Waals surface area contributed by atoms with E-state index in [0.29, 0.717) is 29.0 Å². The molecule has 102 valence electrons.